The van der Waals surface area contributed by atoms with Gasteiger partial charge in [-0.3, -0.25) is 0 Å². The molecule has 0 fully saturated rings. The minimum atomic E-state index is 1.05. The molecular formula is C13H25N3. The van der Waals surface area contributed by atoms with Crippen LogP contribution in [0.4, 0.5) is 0 Å². The SMILES string of the molecule is CCCCCCCCNCCc1cnc[nH]1. The van der Waals surface area contributed by atoms with Crippen molar-refractivity contribution < 1.29 is 0 Å². The van der Waals surface area contributed by atoms with Gasteiger partial charge in [-0.25, -0.2) is 4.98 Å². The van der Waals surface area contributed by atoms with E-state index in [2.05, 4.69) is 22.2 Å². The van der Waals surface area contributed by atoms with Gasteiger partial charge in [0.15, 0.2) is 0 Å². The zero-order chi connectivity index (χ0) is 11.5. The van der Waals surface area contributed by atoms with Crippen molar-refractivity contribution in [1.29, 1.82) is 0 Å². The summed E-state index contributed by atoms with van der Waals surface area (Å²) >= 11 is 0. The fourth-order valence-electron chi connectivity index (χ4n) is 1.80. The van der Waals surface area contributed by atoms with Gasteiger partial charge in [0.1, 0.15) is 0 Å². The Labute approximate surface area is 99.1 Å². The molecule has 0 aromatic carbocycles. The molecule has 16 heavy (non-hydrogen) atoms. The fourth-order valence-corrected chi connectivity index (χ4v) is 1.80. The van der Waals surface area contributed by atoms with Gasteiger partial charge < -0.3 is 10.3 Å². The number of nitrogens with zero attached hydrogens (tertiary/aromatic N) is 1. The maximum atomic E-state index is 4.00. The lowest BCUT2D eigenvalue weighted by molar-refractivity contribution is 0.572. The normalized spacial score (nSPS) is 10.8. The van der Waals surface area contributed by atoms with Gasteiger partial charge in [-0.05, 0) is 13.0 Å². The fraction of sp³-hybridized carbons (Fsp3) is 0.769. The van der Waals surface area contributed by atoms with E-state index in [-0.39, 0.29) is 0 Å². The van der Waals surface area contributed by atoms with E-state index in [1.54, 1.807) is 6.33 Å². The minimum Gasteiger partial charge on any atom is -0.348 e. The Hall–Kier alpha value is -0.830. The average molecular weight is 223 g/mol. The van der Waals surface area contributed by atoms with Crippen LogP contribution in [0.3, 0.4) is 0 Å². The highest BCUT2D eigenvalue weighted by molar-refractivity contribution is 4.94. The number of nitrogens with one attached hydrogen (secondary N) is 2. The summed E-state index contributed by atoms with van der Waals surface area (Å²) in [5.41, 5.74) is 1.22. The molecule has 0 amide bonds. The van der Waals surface area contributed by atoms with E-state index in [1.165, 1.54) is 44.2 Å². The Bertz CT molecular complexity index is 231. The molecule has 0 bridgehead atoms. The molecule has 0 aliphatic carbocycles. The summed E-state index contributed by atoms with van der Waals surface area (Å²) in [7, 11) is 0. The van der Waals surface area contributed by atoms with Gasteiger partial charge in [-0.15, -0.1) is 0 Å². The number of imidazole rings is 1. The second-order valence-electron chi connectivity index (χ2n) is 4.34. The predicted molar refractivity (Wildman–Crippen MR) is 68.5 cm³/mol. The van der Waals surface area contributed by atoms with E-state index in [1.807, 2.05) is 6.20 Å². The molecule has 0 aliphatic heterocycles. The van der Waals surface area contributed by atoms with Crippen LogP contribution in [0.1, 0.15) is 51.1 Å². The molecule has 0 spiro atoms. The maximum Gasteiger partial charge on any atom is 0.0921 e. The summed E-state index contributed by atoms with van der Waals surface area (Å²) in [5, 5.41) is 3.47. The second kappa shape index (κ2) is 9.40. The monoisotopic (exact) mass is 223 g/mol. The van der Waals surface area contributed by atoms with Gasteiger partial charge in [-0.2, -0.15) is 0 Å². The van der Waals surface area contributed by atoms with Crippen LogP contribution in [0.5, 0.6) is 0 Å². The van der Waals surface area contributed by atoms with Crippen molar-refractivity contribution in [2.45, 2.75) is 51.9 Å². The molecule has 1 rings (SSSR count). The van der Waals surface area contributed by atoms with E-state index in [0.717, 1.165) is 19.5 Å². The Morgan fingerprint density at radius 3 is 2.69 bits per heavy atom. The van der Waals surface area contributed by atoms with E-state index >= 15 is 0 Å². The molecule has 0 saturated heterocycles. The molecule has 1 aromatic rings. The molecule has 1 aromatic heterocycles. The number of aromatic amines is 1. The largest absolute Gasteiger partial charge is 0.348 e. The number of hydrogen-bond donors (Lipinski definition) is 2. The lowest BCUT2D eigenvalue weighted by Gasteiger charge is -2.03. The number of H-pyrrole nitrogens is 1. The standard InChI is InChI=1S/C13H25N3/c1-2-3-4-5-6-7-9-14-10-8-13-11-15-12-16-13/h11-12,14H,2-10H2,1H3,(H,15,16). The molecule has 0 radical (unpaired) electrons. The van der Waals surface area contributed by atoms with Crippen LogP contribution in [-0.2, 0) is 6.42 Å². The summed E-state index contributed by atoms with van der Waals surface area (Å²) in [6.45, 7) is 4.47. The zero-order valence-corrected chi connectivity index (χ0v) is 10.5. The van der Waals surface area contributed by atoms with Gasteiger partial charge in [0.2, 0.25) is 0 Å². The van der Waals surface area contributed by atoms with Crippen molar-refractivity contribution in [3.63, 3.8) is 0 Å². The molecule has 0 atom stereocenters. The van der Waals surface area contributed by atoms with E-state index in [0.29, 0.717) is 0 Å². The van der Waals surface area contributed by atoms with Crippen LogP contribution in [0.25, 0.3) is 0 Å². The predicted octanol–water partition coefficient (Wildman–Crippen LogP) is 2.90. The van der Waals surface area contributed by atoms with E-state index in [4.69, 9.17) is 0 Å². The Morgan fingerprint density at radius 2 is 1.94 bits per heavy atom. The maximum absolute atomic E-state index is 4.00. The van der Waals surface area contributed by atoms with Crippen LogP contribution in [0.2, 0.25) is 0 Å². The van der Waals surface area contributed by atoms with Crippen molar-refractivity contribution >= 4 is 0 Å². The Balaban J connectivity index is 1.78. The Kier molecular flexibility index (Phi) is 7.78. The van der Waals surface area contributed by atoms with Crippen molar-refractivity contribution in [1.82, 2.24) is 15.3 Å². The summed E-state index contributed by atoms with van der Waals surface area (Å²) in [6.07, 6.45) is 12.9. The third-order valence-corrected chi connectivity index (χ3v) is 2.83. The topological polar surface area (TPSA) is 40.7 Å². The number of unbranched alkanes of at least 4 members (excludes halogenated alkanes) is 5. The highest BCUT2D eigenvalue weighted by Gasteiger charge is 1.93. The quantitative estimate of drug-likeness (QED) is 0.599. The zero-order valence-electron chi connectivity index (χ0n) is 10.5. The Morgan fingerprint density at radius 1 is 1.12 bits per heavy atom. The van der Waals surface area contributed by atoms with Crippen LogP contribution >= 0.6 is 0 Å². The van der Waals surface area contributed by atoms with Crippen LogP contribution in [0.15, 0.2) is 12.5 Å². The molecular weight excluding hydrogens is 198 g/mol. The van der Waals surface area contributed by atoms with Gasteiger partial charge in [0, 0.05) is 24.9 Å². The minimum absolute atomic E-state index is 1.05. The summed E-state index contributed by atoms with van der Waals surface area (Å²) in [5.74, 6) is 0. The summed E-state index contributed by atoms with van der Waals surface area (Å²) in [6, 6.07) is 0. The highest BCUT2D eigenvalue weighted by Crippen LogP contribution is 2.03. The molecule has 0 saturated carbocycles. The third-order valence-electron chi connectivity index (χ3n) is 2.83. The average Bonchev–Trinajstić information content (AvgIpc) is 2.80. The van der Waals surface area contributed by atoms with E-state index in [9.17, 15) is 0 Å². The first-order valence-corrected chi connectivity index (χ1v) is 6.61. The molecule has 0 aliphatic rings. The first kappa shape index (κ1) is 13.2. The number of aromatic nitrogens is 2. The lowest BCUT2D eigenvalue weighted by atomic mass is 10.1. The molecule has 1 heterocycles. The van der Waals surface area contributed by atoms with Gasteiger partial charge in [0.05, 0.1) is 6.33 Å². The van der Waals surface area contributed by atoms with Crippen LogP contribution in [-0.4, -0.2) is 23.1 Å². The van der Waals surface area contributed by atoms with E-state index < -0.39 is 0 Å². The molecule has 92 valence electrons. The molecule has 3 heteroatoms. The molecule has 0 unspecified atom stereocenters. The van der Waals surface area contributed by atoms with Gasteiger partial charge in [-0.1, -0.05) is 39.0 Å². The first-order valence-electron chi connectivity index (χ1n) is 6.61. The smallest absolute Gasteiger partial charge is 0.0921 e. The van der Waals surface area contributed by atoms with Crippen LogP contribution < -0.4 is 5.32 Å². The van der Waals surface area contributed by atoms with Gasteiger partial charge in [0.25, 0.3) is 0 Å². The van der Waals surface area contributed by atoms with Crippen molar-refractivity contribution in [2.75, 3.05) is 13.1 Å². The number of hydrogen-bond acceptors (Lipinski definition) is 2. The third kappa shape index (κ3) is 6.62. The summed E-state index contributed by atoms with van der Waals surface area (Å²) in [4.78, 5) is 7.11. The van der Waals surface area contributed by atoms with Gasteiger partial charge >= 0.3 is 0 Å². The first-order chi connectivity index (χ1) is 7.93. The second-order valence-corrected chi connectivity index (χ2v) is 4.34. The van der Waals surface area contributed by atoms with Crippen molar-refractivity contribution in [3.8, 4) is 0 Å². The van der Waals surface area contributed by atoms with Crippen LogP contribution in [0, 0.1) is 0 Å². The lowest BCUT2D eigenvalue weighted by Crippen LogP contribution is -2.18. The van der Waals surface area contributed by atoms with Crippen molar-refractivity contribution in [2.24, 2.45) is 0 Å². The summed E-state index contributed by atoms with van der Waals surface area (Å²) < 4.78 is 0. The molecule has 3 nitrogen and oxygen atoms in total. The molecule has 2 N–H and O–H groups in total. The van der Waals surface area contributed by atoms with Crippen molar-refractivity contribution in [3.05, 3.63) is 18.2 Å². The highest BCUT2D eigenvalue weighted by atomic mass is 14.9. The number of rotatable bonds is 10.